The normalized spacial score (nSPS) is 18.6. The summed E-state index contributed by atoms with van der Waals surface area (Å²) in [6, 6.07) is 8.27. The van der Waals surface area contributed by atoms with Gasteiger partial charge in [0.2, 0.25) is 0 Å². The summed E-state index contributed by atoms with van der Waals surface area (Å²) in [5, 5.41) is 19.7. The molecule has 3 aliphatic heterocycles. The van der Waals surface area contributed by atoms with Crippen LogP contribution in [0.3, 0.4) is 0 Å². The van der Waals surface area contributed by atoms with Crippen LogP contribution < -0.4 is 15.9 Å². The Bertz CT molecular complexity index is 1920. The van der Waals surface area contributed by atoms with Crippen molar-refractivity contribution >= 4 is 28.7 Å². The molecule has 1 aromatic carbocycles. The lowest BCUT2D eigenvalue weighted by atomic mass is 10.0. The van der Waals surface area contributed by atoms with Crippen LogP contribution in [-0.2, 0) is 32.7 Å². The number of aryl methyl sites for hydroxylation is 1. The third kappa shape index (κ3) is 7.79. The van der Waals surface area contributed by atoms with Crippen molar-refractivity contribution in [2.45, 2.75) is 74.8 Å². The van der Waals surface area contributed by atoms with Gasteiger partial charge in [0.1, 0.15) is 5.82 Å². The zero-order chi connectivity index (χ0) is 36.6. The molecule has 2 N–H and O–H groups in total. The van der Waals surface area contributed by atoms with E-state index in [0.29, 0.717) is 42.3 Å². The van der Waals surface area contributed by atoms with E-state index in [1.807, 2.05) is 40.4 Å². The van der Waals surface area contributed by atoms with Crippen molar-refractivity contribution in [1.82, 2.24) is 39.0 Å². The molecule has 6 heterocycles. The number of aliphatic hydroxyl groups is 1. The van der Waals surface area contributed by atoms with Gasteiger partial charge in [-0.3, -0.25) is 13.8 Å². The Morgan fingerprint density at radius 3 is 2.54 bits per heavy atom. The quantitative estimate of drug-likeness (QED) is 0.214. The maximum absolute atomic E-state index is 14.1. The number of nitrogens with zero attached hydrogens (tertiary/aromatic N) is 8. The van der Waals surface area contributed by atoms with Crippen LogP contribution in [0.25, 0.3) is 22.4 Å². The lowest BCUT2D eigenvalue weighted by Gasteiger charge is -2.33. The molecule has 0 radical (unpaired) electrons. The van der Waals surface area contributed by atoms with Gasteiger partial charge in [0, 0.05) is 100 Å². The van der Waals surface area contributed by atoms with Crippen LogP contribution in [0.5, 0.6) is 0 Å². The van der Waals surface area contributed by atoms with E-state index in [4.69, 9.17) is 10.1 Å². The molecule has 0 bridgehead atoms. The topological polar surface area (TPSA) is 99.6 Å². The van der Waals surface area contributed by atoms with Crippen LogP contribution in [-0.4, -0.2) is 111 Å². The van der Waals surface area contributed by atoms with Crippen molar-refractivity contribution in [3.63, 3.8) is 0 Å². The maximum Gasteiger partial charge on any atom is 0.417 e. The van der Waals surface area contributed by atoms with E-state index < -0.39 is 17.8 Å². The van der Waals surface area contributed by atoms with Crippen LogP contribution in [0.4, 0.5) is 19.0 Å². The summed E-state index contributed by atoms with van der Waals surface area (Å²) in [4.78, 5) is 24.8. The largest absolute Gasteiger partial charge is 0.417 e. The van der Waals surface area contributed by atoms with E-state index in [9.17, 15) is 23.1 Å². The first-order valence-corrected chi connectivity index (χ1v) is 19.5. The molecular weight excluding hydrogens is 692 g/mol. The second kappa shape index (κ2) is 15.5. The Balaban J connectivity index is 1.04. The number of piperidine rings is 2. The number of alkyl halides is 3. The van der Waals surface area contributed by atoms with Crippen LogP contribution in [0.15, 0.2) is 40.0 Å². The zero-order valence-corrected chi connectivity index (χ0v) is 31.1. The fourth-order valence-corrected chi connectivity index (χ4v) is 9.13. The van der Waals surface area contributed by atoms with Crippen molar-refractivity contribution in [1.29, 1.82) is 0 Å². The molecule has 7 rings (SSSR count). The summed E-state index contributed by atoms with van der Waals surface area (Å²) < 4.78 is 47.7. The first-order valence-electron chi connectivity index (χ1n) is 18.5. The molecule has 52 heavy (non-hydrogen) atoms. The van der Waals surface area contributed by atoms with Crippen LogP contribution in [0.2, 0.25) is 0 Å². The number of anilines is 1. The summed E-state index contributed by atoms with van der Waals surface area (Å²) in [7, 11) is 5.65. The first-order chi connectivity index (χ1) is 25.0. The molecule has 0 aliphatic carbocycles. The van der Waals surface area contributed by atoms with Gasteiger partial charge < -0.3 is 25.1 Å². The van der Waals surface area contributed by atoms with Gasteiger partial charge in [0.15, 0.2) is 5.65 Å². The Morgan fingerprint density at radius 1 is 1.04 bits per heavy atom. The number of halogens is 3. The maximum atomic E-state index is 14.1. The predicted molar refractivity (Wildman–Crippen MR) is 199 cm³/mol. The van der Waals surface area contributed by atoms with Crippen molar-refractivity contribution < 1.29 is 18.3 Å². The number of aliphatic hydroxyl groups excluding tert-OH is 1. The van der Waals surface area contributed by atoms with Gasteiger partial charge in [-0.25, -0.2) is 9.78 Å². The number of fused-ring (bicyclic) bond motifs is 2. The molecule has 0 saturated carbocycles. The molecule has 0 spiro atoms. The summed E-state index contributed by atoms with van der Waals surface area (Å²) in [5.74, 6) is 1.39. The van der Waals surface area contributed by atoms with Gasteiger partial charge in [-0.2, -0.15) is 18.3 Å². The molecular formula is C37H50F3N9O2S. The molecule has 11 nitrogen and oxygen atoms in total. The second-order valence-corrected chi connectivity index (χ2v) is 15.8. The number of β-amino-alcohol motifs (C(OH)–C–C–N with tert-alkyl or cyclic N) is 1. The highest BCUT2D eigenvalue weighted by molar-refractivity contribution is 7.99. The van der Waals surface area contributed by atoms with E-state index in [2.05, 4.69) is 15.1 Å². The van der Waals surface area contributed by atoms with Gasteiger partial charge in [-0.05, 0) is 63.0 Å². The monoisotopic (exact) mass is 741 g/mol. The fourth-order valence-electron chi connectivity index (χ4n) is 8.01. The number of benzene rings is 1. The van der Waals surface area contributed by atoms with Gasteiger partial charge >= 0.3 is 11.9 Å². The summed E-state index contributed by atoms with van der Waals surface area (Å²) in [6.45, 7) is 6.34. The fraction of sp³-hybridized carbons (Fsp3) is 0.595. The number of aromatic nitrogens is 5. The van der Waals surface area contributed by atoms with Crippen LogP contribution in [0.1, 0.15) is 55.0 Å². The summed E-state index contributed by atoms with van der Waals surface area (Å²) in [5.41, 5.74) is 4.17. The molecule has 1 atom stereocenters. The molecule has 3 aliphatic rings. The summed E-state index contributed by atoms with van der Waals surface area (Å²) in [6.07, 6.45) is 0.627. The molecule has 282 valence electrons. The SMILES string of the molecule is CN(C)c1ccc2c(n1)n(C1CCN(CC(O)Cn3nc(-c4ccc(C(F)(F)F)c(SCCN5CCCCC5)c4)c4c3CCNC4)CC1)c(=O)n2C. The molecule has 2 fully saturated rings. The van der Waals surface area contributed by atoms with E-state index in [-0.39, 0.29) is 16.6 Å². The van der Waals surface area contributed by atoms with Crippen molar-refractivity contribution in [2.24, 2.45) is 7.05 Å². The van der Waals surface area contributed by atoms with Crippen LogP contribution >= 0.6 is 11.8 Å². The van der Waals surface area contributed by atoms with Crippen molar-refractivity contribution in [3.8, 4) is 11.3 Å². The number of thioether (sulfide) groups is 1. The minimum atomic E-state index is -4.44. The highest BCUT2D eigenvalue weighted by Gasteiger charge is 2.34. The van der Waals surface area contributed by atoms with E-state index in [1.54, 1.807) is 17.7 Å². The number of imidazole rings is 1. The number of nitrogens with one attached hydrogen (secondary N) is 1. The highest BCUT2D eigenvalue weighted by Crippen LogP contribution is 2.40. The number of hydrogen-bond donors (Lipinski definition) is 2. The Morgan fingerprint density at radius 2 is 1.81 bits per heavy atom. The predicted octanol–water partition coefficient (Wildman–Crippen LogP) is 4.61. The molecule has 2 saturated heterocycles. The number of hydrogen-bond acceptors (Lipinski definition) is 9. The van der Waals surface area contributed by atoms with Crippen molar-refractivity contribution in [3.05, 3.63) is 57.6 Å². The molecule has 1 unspecified atom stereocenters. The second-order valence-electron chi connectivity index (χ2n) is 14.6. The molecule has 15 heteroatoms. The van der Waals surface area contributed by atoms with E-state index in [1.165, 1.54) is 30.3 Å². The lowest BCUT2D eigenvalue weighted by Crippen LogP contribution is -2.42. The Kier molecular flexibility index (Phi) is 11.0. The first kappa shape index (κ1) is 37.0. The Hall–Kier alpha value is -3.37. The lowest BCUT2D eigenvalue weighted by molar-refractivity contribution is -0.139. The summed E-state index contributed by atoms with van der Waals surface area (Å²) >= 11 is 1.27. The average Bonchev–Trinajstić information content (AvgIpc) is 3.61. The van der Waals surface area contributed by atoms with Gasteiger partial charge in [0.05, 0.1) is 29.4 Å². The molecule has 3 aromatic heterocycles. The minimum Gasteiger partial charge on any atom is -0.390 e. The van der Waals surface area contributed by atoms with Crippen molar-refractivity contribution in [2.75, 3.05) is 70.6 Å². The van der Waals surface area contributed by atoms with E-state index >= 15 is 0 Å². The van der Waals surface area contributed by atoms with Gasteiger partial charge in [-0.15, -0.1) is 11.8 Å². The molecule has 4 aromatic rings. The minimum absolute atomic E-state index is 0.0132. The number of rotatable bonds is 11. The molecule has 0 amide bonds. The van der Waals surface area contributed by atoms with Gasteiger partial charge in [0.25, 0.3) is 0 Å². The standard InChI is InChI=1S/C37H50F3N9O2S/c1-44(2)33-10-9-31-35(42-33)49(36(51)45(31)3)26-12-17-47(18-13-26)23-27(50)24-48-30-11-14-41-22-28(30)34(43-48)25-7-8-29(37(38,39)40)32(21-25)52-20-19-46-15-5-4-6-16-46/h7-10,21,26-27,41,50H,4-6,11-20,22-24H2,1-3H3. The third-order valence-corrected chi connectivity index (χ3v) is 11.9. The van der Waals surface area contributed by atoms with E-state index in [0.717, 1.165) is 94.0 Å². The zero-order valence-electron chi connectivity index (χ0n) is 30.3. The number of likely N-dealkylation sites (tertiary alicyclic amines) is 2. The Labute approximate surface area is 306 Å². The third-order valence-electron chi connectivity index (χ3n) is 10.8. The smallest absolute Gasteiger partial charge is 0.390 e. The highest BCUT2D eigenvalue weighted by atomic mass is 32.2. The average molecular weight is 742 g/mol. The van der Waals surface area contributed by atoms with Crippen LogP contribution in [0, 0.1) is 0 Å². The number of pyridine rings is 1. The van der Waals surface area contributed by atoms with Gasteiger partial charge in [-0.1, -0.05) is 12.5 Å².